The number of nitro benzene ring substituents is 1. The Morgan fingerprint density at radius 2 is 1.93 bits per heavy atom. The van der Waals surface area contributed by atoms with E-state index >= 15 is 0 Å². The average molecular weight is 381 g/mol. The van der Waals surface area contributed by atoms with Crippen molar-refractivity contribution in [1.29, 1.82) is 0 Å². The van der Waals surface area contributed by atoms with E-state index in [1.807, 2.05) is 5.43 Å². The number of nitrogens with zero attached hydrogens (tertiary/aromatic N) is 2. The van der Waals surface area contributed by atoms with E-state index in [1.165, 1.54) is 12.1 Å². The normalized spacial score (nSPS) is 13.0. The summed E-state index contributed by atoms with van der Waals surface area (Å²) in [5.41, 5.74) is 0.471. The van der Waals surface area contributed by atoms with Crippen LogP contribution in [0.5, 0.6) is 11.5 Å². The van der Waals surface area contributed by atoms with Crippen LogP contribution in [0, 0.1) is 10.1 Å². The summed E-state index contributed by atoms with van der Waals surface area (Å²) < 4.78 is 48.2. The number of fused-ring (bicyclic) bond motifs is 1. The van der Waals surface area contributed by atoms with Crippen molar-refractivity contribution in [1.82, 2.24) is 5.43 Å². The second kappa shape index (κ2) is 6.94. The standard InChI is InChI=1S/C16H10F3N3O5/c17-16(18,19)11-3-1-2-9(4-11)15(23)21-20-7-10-5-13-14(27-8-26-13)6-12(10)22(24)25/h1-7H,8H2,(H,21,23)/b20-7+. The van der Waals surface area contributed by atoms with Gasteiger partial charge in [0.25, 0.3) is 11.6 Å². The summed E-state index contributed by atoms with van der Waals surface area (Å²) in [5.74, 6) is -0.432. The molecule has 1 aliphatic rings. The van der Waals surface area contributed by atoms with Crippen LogP contribution in [0.15, 0.2) is 41.5 Å². The van der Waals surface area contributed by atoms with Crippen molar-refractivity contribution in [2.75, 3.05) is 6.79 Å². The molecule has 3 rings (SSSR count). The topological polar surface area (TPSA) is 103 Å². The fourth-order valence-corrected chi connectivity index (χ4v) is 2.27. The summed E-state index contributed by atoms with van der Waals surface area (Å²) >= 11 is 0. The highest BCUT2D eigenvalue weighted by Crippen LogP contribution is 2.37. The SMILES string of the molecule is O=C(N/N=C/c1cc2c(cc1[N+](=O)[O-])OCO2)c1cccc(C(F)(F)F)c1. The molecule has 2 aromatic rings. The Morgan fingerprint density at radius 1 is 1.22 bits per heavy atom. The van der Waals surface area contributed by atoms with Gasteiger partial charge >= 0.3 is 6.18 Å². The molecule has 27 heavy (non-hydrogen) atoms. The van der Waals surface area contributed by atoms with E-state index < -0.39 is 22.6 Å². The van der Waals surface area contributed by atoms with E-state index in [0.717, 1.165) is 24.4 Å². The lowest BCUT2D eigenvalue weighted by Gasteiger charge is -2.07. The number of hydrogen-bond acceptors (Lipinski definition) is 6. The maximum Gasteiger partial charge on any atom is 0.416 e. The summed E-state index contributed by atoms with van der Waals surface area (Å²) in [6.07, 6.45) is -3.60. The summed E-state index contributed by atoms with van der Waals surface area (Å²) in [5, 5.41) is 14.7. The molecule has 0 bridgehead atoms. The number of halogens is 3. The van der Waals surface area contributed by atoms with Crippen LogP contribution < -0.4 is 14.9 Å². The molecule has 0 spiro atoms. The van der Waals surface area contributed by atoms with E-state index in [9.17, 15) is 28.1 Å². The van der Waals surface area contributed by atoms with Crippen molar-refractivity contribution in [2.45, 2.75) is 6.18 Å². The third kappa shape index (κ3) is 3.97. The van der Waals surface area contributed by atoms with Crippen LogP contribution in [0.3, 0.4) is 0 Å². The lowest BCUT2D eigenvalue weighted by Crippen LogP contribution is -2.18. The minimum absolute atomic E-state index is 0.0218. The van der Waals surface area contributed by atoms with Crippen molar-refractivity contribution in [2.24, 2.45) is 5.10 Å². The zero-order chi connectivity index (χ0) is 19.6. The fourth-order valence-electron chi connectivity index (χ4n) is 2.27. The minimum Gasteiger partial charge on any atom is -0.454 e. The van der Waals surface area contributed by atoms with E-state index in [4.69, 9.17) is 9.47 Å². The second-order valence-corrected chi connectivity index (χ2v) is 5.30. The zero-order valence-electron chi connectivity index (χ0n) is 13.3. The van der Waals surface area contributed by atoms with Crippen molar-refractivity contribution < 1.29 is 32.4 Å². The number of ether oxygens (including phenoxy) is 2. The highest BCUT2D eigenvalue weighted by molar-refractivity contribution is 5.95. The highest BCUT2D eigenvalue weighted by Gasteiger charge is 2.30. The van der Waals surface area contributed by atoms with Gasteiger partial charge in [-0.3, -0.25) is 14.9 Å². The molecule has 1 N–H and O–H groups in total. The predicted octanol–water partition coefficient (Wildman–Crippen LogP) is 3.11. The quantitative estimate of drug-likeness (QED) is 0.498. The summed E-state index contributed by atoms with van der Waals surface area (Å²) in [4.78, 5) is 22.4. The van der Waals surface area contributed by atoms with E-state index in [2.05, 4.69) is 5.10 Å². The number of amides is 1. The third-order valence-corrected chi connectivity index (χ3v) is 3.54. The van der Waals surface area contributed by atoms with Gasteiger partial charge in [-0.25, -0.2) is 5.43 Å². The van der Waals surface area contributed by atoms with Gasteiger partial charge in [0.2, 0.25) is 6.79 Å². The zero-order valence-corrected chi connectivity index (χ0v) is 13.3. The van der Waals surface area contributed by atoms with E-state index in [0.29, 0.717) is 6.07 Å². The smallest absolute Gasteiger partial charge is 0.416 e. The van der Waals surface area contributed by atoms with Gasteiger partial charge in [0.05, 0.1) is 28.3 Å². The number of carbonyl (C=O) groups is 1. The molecule has 11 heteroatoms. The molecule has 0 radical (unpaired) electrons. The monoisotopic (exact) mass is 381 g/mol. The first-order valence-electron chi connectivity index (χ1n) is 7.34. The van der Waals surface area contributed by atoms with Gasteiger partial charge in [-0.2, -0.15) is 18.3 Å². The van der Waals surface area contributed by atoms with Gasteiger partial charge in [-0.15, -0.1) is 0 Å². The van der Waals surface area contributed by atoms with Crippen LogP contribution in [0.25, 0.3) is 0 Å². The van der Waals surface area contributed by atoms with Gasteiger partial charge in [0, 0.05) is 5.56 Å². The first kappa shape index (κ1) is 18.2. The van der Waals surface area contributed by atoms with Crippen LogP contribution in [0.1, 0.15) is 21.5 Å². The molecular weight excluding hydrogens is 371 g/mol. The highest BCUT2D eigenvalue weighted by atomic mass is 19.4. The Bertz CT molecular complexity index is 943. The Labute approximate surface area is 149 Å². The summed E-state index contributed by atoms with van der Waals surface area (Å²) in [7, 11) is 0. The molecule has 1 amide bonds. The molecule has 0 saturated heterocycles. The Kier molecular flexibility index (Phi) is 4.67. The largest absolute Gasteiger partial charge is 0.454 e. The van der Waals surface area contributed by atoms with Gasteiger partial charge in [-0.05, 0) is 24.3 Å². The summed E-state index contributed by atoms with van der Waals surface area (Å²) in [6, 6.07) is 6.23. The van der Waals surface area contributed by atoms with Crippen molar-refractivity contribution in [3.05, 3.63) is 63.2 Å². The fraction of sp³-hybridized carbons (Fsp3) is 0.125. The molecular formula is C16H10F3N3O5. The number of nitro groups is 1. The number of nitrogens with one attached hydrogen (secondary N) is 1. The molecule has 8 nitrogen and oxygen atoms in total. The average Bonchev–Trinajstić information content (AvgIpc) is 3.07. The van der Waals surface area contributed by atoms with Crippen LogP contribution in [0.4, 0.5) is 18.9 Å². The molecule has 0 aliphatic carbocycles. The van der Waals surface area contributed by atoms with Crippen LogP contribution in [-0.2, 0) is 6.18 Å². The molecule has 0 saturated carbocycles. The minimum atomic E-state index is -4.59. The molecule has 140 valence electrons. The molecule has 1 heterocycles. The second-order valence-electron chi connectivity index (χ2n) is 5.30. The molecule has 2 aromatic carbocycles. The maximum atomic E-state index is 12.7. The summed E-state index contributed by atoms with van der Waals surface area (Å²) in [6.45, 7) is -0.0840. The molecule has 0 atom stereocenters. The van der Waals surface area contributed by atoms with Crippen LogP contribution in [0.2, 0.25) is 0 Å². The van der Waals surface area contributed by atoms with Gasteiger partial charge in [-0.1, -0.05) is 6.07 Å². The lowest BCUT2D eigenvalue weighted by atomic mass is 10.1. The lowest BCUT2D eigenvalue weighted by molar-refractivity contribution is -0.385. The van der Waals surface area contributed by atoms with Crippen LogP contribution >= 0.6 is 0 Å². The number of alkyl halides is 3. The molecule has 0 aromatic heterocycles. The Hall–Kier alpha value is -3.63. The number of rotatable bonds is 4. The van der Waals surface area contributed by atoms with Gasteiger partial charge in [0.1, 0.15) is 0 Å². The van der Waals surface area contributed by atoms with Crippen molar-refractivity contribution >= 4 is 17.8 Å². The third-order valence-electron chi connectivity index (χ3n) is 3.54. The molecule has 0 unspecified atom stereocenters. The van der Waals surface area contributed by atoms with Gasteiger partial charge in [0.15, 0.2) is 11.5 Å². The number of carbonyl (C=O) groups excluding carboxylic acids is 1. The first-order chi connectivity index (χ1) is 12.8. The maximum absolute atomic E-state index is 12.7. The Balaban J connectivity index is 1.78. The number of hydrogen-bond donors (Lipinski definition) is 1. The van der Waals surface area contributed by atoms with Gasteiger partial charge < -0.3 is 9.47 Å². The van der Waals surface area contributed by atoms with Crippen LogP contribution in [-0.4, -0.2) is 23.8 Å². The Morgan fingerprint density at radius 3 is 2.59 bits per heavy atom. The first-order valence-corrected chi connectivity index (χ1v) is 7.34. The number of hydrazone groups is 1. The number of benzene rings is 2. The van der Waals surface area contributed by atoms with E-state index in [1.54, 1.807) is 0 Å². The molecule has 1 aliphatic heterocycles. The molecule has 0 fully saturated rings. The van der Waals surface area contributed by atoms with E-state index in [-0.39, 0.29) is 35.1 Å². The van der Waals surface area contributed by atoms with Crippen molar-refractivity contribution in [3.63, 3.8) is 0 Å². The van der Waals surface area contributed by atoms with Crippen molar-refractivity contribution in [3.8, 4) is 11.5 Å². The predicted molar refractivity (Wildman–Crippen MR) is 85.7 cm³/mol.